The predicted molar refractivity (Wildman–Crippen MR) is 102 cm³/mol. The lowest BCUT2D eigenvalue weighted by atomic mass is 10.0. The van der Waals surface area contributed by atoms with Crippen molar-refractivity contribution < 1.29 is 9.18 Å². The second-order valence-electron chi connectivity index (χ2n) is 6.58. The second-order valence-corrected chi connectivity index (χ2v) is 7.52. The normalized spacial score (nSPS) is 16.4. The molecule has 0 radical (unpaired) electrons. The summed E-state index contributed by atoms with van der Waals surface area (Å²) in [6.07, 6.45) is 7.17. The third kappa shape index (κ3) is 5.08. The van der Waals surface area contributed by atoms with Gasteiger partial charge in [0.2, 0.25) is 5.91 Å². The lowest BCUT2D eigenvalue weighted by Crippen LogP contribution is -2.41. The van der Waals surface area contributed by atoms with Gasteiger partial charge in [0, 0.05) is 26.0 Å². The van der Waals surface area contributed by atoms with Crippen molar-refractivity contribution in [3.05, 3.63) is 48.0 Å². The zero-order valence-corrected chi connectivity index (χ0v) is 15.8. The van der Waals surface area contributed by atoms with Crippen LogP contribution in [0.3, 0.4) is 0 Å². The smallest absolute Gasteiger partial charge is 0.230 e. The summed E-state index contributed by atoms with van der Waals surface area (Å²) in [5.41, 5.74) is 1.05. The van der Waals surface area contributed by atoms with Crippen LogP contribution in [0.4, 0.5) is 4.39 Å². The fraction of sp³-hybridized carbons (Fsp3) is 0.474. The van der Waals surface area contributed by atoms with E-state index < -0.39 is 0 Å². The number of imidazole rings is 1. The molecule has 1 atom stereocenters. The van der Waals surface area contributed by atoms with Crippen molar-refractivity contribution in [3.8, 4) is 0 Å². The number of likely N-dealkylation sites (tertiary alicyclic amines) is 1. The molecule has 1 N–H and O–H groups in total. The van der Waals surface area contributed by atoms with E-state index in [-0.39, 0.29) is 17.8 Å². The summed E-state index contributed by atoms with van der Waals surface area (Å²) in [6.45, 7) is 2.56. The molecule has 3 rings (SSSR count). The number of aromatic nitrogens is 2. The Hall–Kier alpha value is -1.86. The third-order valence-corrected chi connectivity index (χ3v) is 5.75. The number of amides is 1. The van der Waals surface area contributed by atoms with Crippen LogP contribution in [0.5, 0.6) is 0 Å². The number of nitrogens with zero attached hydrogens (tertiary/aromatic N) is 3. The van der Waals surface area contributed by atoms with Crippen LogP contribution < -0.4 is 5.32 Å². The highest BCUT2D eigenvalue weighted by Gasteiger charge is 2.23. The fourth-order valence-electron chi connectivity index (χ4n) is 3.26. The Morgan fingerprint density at radius 3 is 2.65 bits per heavy atom. The van der Waals surface area contributed by atoms with Gasteiger partial charge < -0.3 is 9.88 Å². The molecule has 1 aromatic carbocycles. The molecule has 7 heteroatoms. The fourth-order valence-corrected chi connectivity index (χ4v) is 4.02. The number of thioether (sulfide) groups is 1. The van der Waals surface area contributed by atoms with Crippen molar-refractivity contribution in [1.29, 1.82) is 0 Å². The molecule has 1 amide bonds. The van der Waals surface area contributed by atoms with E-state index in [4.69, 9.17) is 0 Å². The molecule has 1 unspecified atom stereocenters. The van der Waals surface area contributed by atoms with E-state index in [1.54, 1.807) is 6.20 Å². The van der Waals surface area contributed by atoms with Gasteiger partial charge in [-0.3, -0.25) is 9.69 Å². The Labute approximate surface area is 158 Å². The molecule has 140 valence electrons. The monoisotopic (exact) mass is 376 g/mol. The number of hydrogen-bond acceptors (Lipinski definition) is 4. The first kappa shape index (κ1) is 18.9. The van der Waals surface area contributed by atoms with Crippen LogP contribution in [0.1, 0.15) is 30.9 Å². The molecule has 1 aromatic heterocycles. The zero-order valence-electron chi connectivity index (χ0n) is 15.0. The number of halogens is 1. The molecule has 1 saturated heterocycles. The highest BCUT2D eigenvalue weighted by molar-refractivity contribution is 7.99. The quantitative estimate of drug-likeness (QED) is 0.755. The van der Waals surface area contributed by atoms with E-state index >= 15 is 0 Å². The number of benzene rings is 1. The molecule has 1 aliphatic heterocycles. The highest BCUT2D eigenvalue weighted by Crippen LogP contribution is 2.24. The van der Waals surface area contributed by atoms with E-state index in [1.165, 1.54) is 43.2 Å². The van der Waals surface area contributed by atoms with Crippen LogP contribution in [-0.2, 0) is 11.8 Å². The van der Waals surface area contributed by atoms with Crippen molar-refractivity contribution in [2.75, 3.05) is 25.4 Å². The zero-order chi connectivity index (χ0) is 18.4. The first-order chi connectivity index (χ1) is 12.6. The third-order valence-electron chi connectivity index (χ3n) is 4.69. The molecule has 2 heterocycles. The van der Waals surface area contributed by atoms with Gasteiger partial charge in [0.15, 0.2) is 5.16 Å². The van der Waals surface area contributed by atoms with Crippen LogP contribution in [0.15, 0.2) is 41.8 Å². The lowest BCUT2D eigenvalue weighted by molar-refractivity contribution is -0.118. The first-order valence-corrected chi connectivity index (χ1v) is 9.98. The van der Waals surface area contributed by atoms with Gasteiger partial charge in [-0.2, -0.15) is 0 Å². The van der Waals surface area contributed by atoms with Crippen LogP contribution in [0, 0.1) is 5.82 Å². The van der Waals surface area contributed by atoms with Gasteiger partial charge in [-0.1, -0.05) is 30.3 Å². The molecular weight excluding hydrogens is 351 g/mol. The maximum atomic E-state index is 13.3. The number of rotatable bonds is 7. The van der Waals surface area contributed by atoms with Crippen molar-refractivity contribution in [1.82, 2.24) is 19.8 Å². The molecule has 0 saturated carbocycles. The second kappa shape index (κ2) is 9.19. The van der Waals surface area contributed by atoms with E-state index in [0.29, 0.717) is 12.3 Å². The Morgan fingerprint density at radius 2 is 2.00 bits per heavy atom. The van der Waals surface area contributed by atoms with Crippen LogP contribution in [0.2, 0.25) is 0 Å². The molecule has 5 nitrogen and oxygen atoms in total. The number of aryl methyl sites for hydroxylation is 1. The largest absolute Gasteiger partial charge is 0.353 e. The number of nitrogens with one attached hydrogen (secondary N) is 1. The van der Waals surface area contributed by atoms with E-state index in [0.717, 1.165) is 23.8 Å². The number of hydrogen-bond donors (Lipinski definition) is 1. The summed E-state index contributed by atoms with van der Waals surface area (Å²) in [6, 6.07) is 6.71. The molecule has 1 fully saturated rings. The average molecular weight is 377 g/mol. The van der Waals surface area contributed by atoms with Crippen LogP contribution in [0.25, 0.3) is 0 Å². The maximum Gasteiger partial charge on any atom is 0.230 e. The van der Waals surface area contributed by atoms with Crippen molar-refractivity contribution in [2.45, 2.75) is 30.5 Å². The maximum absolute atomic E-state index is 13.3. The Balaban J connectivity index is 1.59. The molecule has 0 aliphatic carbocycles. The summed E-state index contributed by atoms with van der Waals surface area (Å²) in [7, 11) is 1.91. The minimum atomic E-state index is -0.235. The summed E-state index contributed by atoms with van der Waals surface area (Å²) in [5.74, 6) is 0.0878. The SMILES string of the molecule is Cn1ccnc1SCC(=O)NCC(c1ccc(F)cc1)N1CCCCC1. The van der Waals surface area contributed by atoms with Crippen molar-refractivity contribution >= 4 is 17.7 Å². The predicted octanol–water partition coefficient (Wildman–Crippen LogP) is 2.99. The number of piperidine rings is 1. The van der Waals surface area contributed by atoms with Gasteiger partial charge >= 0.3 is 0 Å². The summed E-state index contributed by atoms with van der Waals surface area (Å²) in [5, 5.41) is 3.87. The number of carbonyl (C=O) groups excluding carboxylic acids is 1. The minimum absolute atomic E-state index is 0.0119. The Morgan fingerprint density at radius 1 is 1.27 bits per heavy atom. The van der Waals surface area contributed by atoms with Gasteiger partial charge in [0.1, 0.15) is 5.82 Å². The topological polar surface area (TPSA) is 50.2 Å². The van der Waals surface area contributed by atoms with Crippen molar-refractivity contribution in [3.63, 3.8) is 0 Å². The van der Waals surface area contributed by atoms with Gasteiger partial charge in [0.25, 0.3) is 0 Å². The van der Waals surface area contributed by atoms with Crippen molar-refractivity contribution in [2.24, 2.45) is 7.05 Å². The van der Waals surface area contributed by atoms with E-state index in [2.05, 4.69) is 15.2 Å². The Bertz CT molecular complexity index is 713. The van der Waals surface area contributed by atoms with Gasteiger partial charge in [-0.15, -0.1) is 0 Å². The molecular formula is C19H25FN4OS. The number of carbonyl (C=O) groups is 1. The van der Waals surface area contributed by atoms with E-state index in [9.17, 15) is 9.18 Å². The van der Waals surface area contributed by atoms with Crippen LogP contribution >= 0.6 is 11.8 Å². The van der Waals surface area contributed by atoms with Gasteiger partial charge in [-0.05, 0) is 43.6 Å². The minimum Gasteiger partial charge on any atom is -0.353 e. The van der Waals surface area contributed by atoms with E-state index in [1.807, 2.05) is 29.9 Å². The molecule has 2 aromatic rings. The molecule has 0 spiro atoms. The summed E-state index contributed by atoms with van der Waals surface area (Å²) in [4.78, 5) is 18.9. The molecule has 1 aliphatic rings. The first-order valence-electron chi connectivity index (χ1n) is 9.00. The average Bonchev–Trinajstić information content (AvgIpc) is 3.07. The highest BCUT2D eigenvalue weighted by atomic mass is 32.2. The van der Waals surface area contributed by atoms with Gasteiger partial charge in [-0.25, -0.2) is 9.37 Å². The van der Waals surface area contributed by atoms with Gasteiger partial charge in [0.05, 0.1) is 11.8 Å². The van der Waals surface area contributed by atoms with Crippen LogP contribution in [-0.4, -0.2) is 45.7 Å². The summed E-state index contributed by atoms with van der Waals surface area (Å²) >= 11 is 1.42. The molecule has 0 bridgehead atoms. The Kier molecular flexibility index (Phi) is 6.68. The lowest BCUT2D eigenvalue weighted by Gasteiger charge is -2.35. The molecule has 26 heavy (non-hydrogen) atoms. The standard InChI is InChI=1S/C19H25FN4OS/c1-23-12-9-21-19(23)26-14-18(25)22-13-17(24-10-3-2-4-11-24)15-5-7-16(20)8-6-15/h5-9,12,17H,2-4,10-11,13-14H2,1H3,(H,22,25). The summed E-state index contributed by atoms with van der Waals surface area (Å²) < 4.78 is 15.2.